The first-order valence-electron chi connectivity index (χ1n) is 3.33. The van der Waals surface area contributed by atoms with Crippen LogP contribution in [0.1, 0.15) is 5.56 Å². The van der Waals surface area contributed by atoms with Gasteiger partial charge >= 0.3 is 0 Å². The first-order chi connectivity index (χ1) is 6.06. The summed E-state index contributed by atoms with van der Waals surface area (Å²) < 4.78 is 0.200. The second kappa shape index (κ2) is 3.71. The summed E-state index contributed by atoms with van der Waals surface area (Å²) in [7, 11) is 0. The molecule has 0 aliphatic carbocycles. The van der Waals surface area contributed by atoms with Gasteiger partial charge < -0.3 is 10.2 Å². The molecule has 0 saturated heterocycles. The molecule has 0 radical (unpaired) electrons. The standard InChI is InChI=1S/C7H6BrNO4/c8-6-2-5(9(12)13)1-4(3-10)7(6)11/h1-2,10-11H,3H2. The van der Waals surface area contributed by atoms with Crippen LogP contribution in [0.5, 0.6) is 5.75 Å². The molecule has 0 amide bonds. The zero-order valence-electron chi connectivity index (χ0n) is 6.40. The summed E-state index contributed by atoms with van der Waals surface area (Å²) in [4.78, 5) is 9.76. The number of nitrogens with zero attached hydrogens (tertiary/aromatic N) is 1. The minimum absolute atomic E-state index is 0.126. The molecule has 70 valence electrons. The molecule has 0 atom stereocenters. The molecule has 1 aromatic rings. The predicted molar refractivity (Wildman–Crippen MR) is 48.4 cm³/mol. The van der Waals surface area contributed by atoms with Gasteiger partial charge in [-0.05, 0) is 15.9 Å². The fourth-order valence-electron chi connectivity index (χ4n) is 0.866. The lowest BCUT2D eigenvalue weighted by atomic mass is 10.2. The molecule has 5 nitrogen and oxygen atoms in total. The summed E-state index contributed by atoms with van der Waals surface area (Å²) in [6.07, 6.45) is 0. The summed E-state index contributed by atoms with van der Waals surface area (Å²) in [5.41, 5.74) is -0.0465. The summed E-state index contributed by atoms with van der Waals surface area (Å²) in [5, 5.41) is 28.4. The number of phenols is 1. The van der Waals surface area contributed by atoms with E-state index in [2.05, 4.69) is 15.9 Å². The van der Waals surface area contributed by atoms with Crippen LogP contribution in [0.2, 0.25) is 0 Å². The van der Waals surface area contributed by atoms with Crippen molar-refractivity contribution in [2.45, 2.75) is 6.61 Å². The van der Waals surface area contributed by atoms with Gasteiger partial charge in [0.05, 0.1) is 16.0 Å². The van der Waals surface area contributed by atoms with Crippen molar-refractivity contribution in [1.29, 1.82) is 0 Å². The van der Waals surface area contributed by atoms with Crippen LogP contribution in [-0.2, 0) is 6.61 Å². The number of benzene rings is 1. The molecule has 0 aliphatic heterocycles. The molecule has 0 saturated carbocycles. The molecular weight excluding hydrogens is 242 g/mol. The van der Waals surface area contributed by atoms with Gasteiger partial charge in [-0.25, -0.2) is 0 Å². The van der Waals surface area contributed by atoms with Gasteiger partial charge in [0.25, 0.3) is 5.69 Å². The van der Waals surface area contributed by atoms with Crippen molar-refractivity contribution in [2.24, 2.45) is 0 Å². The molecule has 1 rings (SSSR count). The third kappa shape index (κ3) is 1.96. The Morgan fingerprint density at radius 3 is 2.62 bits per heavy atom. The van der Waals surface area contributed by atoms with E-state index < -0.39 is 11.5 Å². The predicted octanol–water partition coefficient (Wildman–Crippen LogP) is 1.56. The normalized spacial score (nSPS) is 10.0. The number of aliphatic hydroxyl groups excluding tert-OH is 1. The highest BCUT2D eigenvalue weighted by Gasteiger charge is 2.13. The van der Waals surface area contributed by atoms with Crippen molar-refractivity contribution in [2.75, 3.05) is 0 Å². The minimum atomic E-state index is -0.594. The maximum absolute atomic E-state index is 10.4. The highest BCUT2D eigenvalue weighted by molar-refractivity contribution is 9.10. The second-order valence-electron chi connectivity index (χ2n) is 2.35. The van der Waals surface area contributed by atoms with E-state index in [-0.39, 0.29) is 21.5 Å². The number of aliphatic hydroxyl groups is 1. The van der Waals surface area contributed by atoms with Crippen molar-refractivity contribution in [3.8, 4) is 5.75 Å². The number of hydrogen-bond donors (Lipinski definition) is 2. The van der Waals surface area contributed by atoms with Crippen LogP contribution in [0.25, 0.3) is 0 Å². The Morgan fingerprint density at radius 1 is 1.54 bits per heavy atom. The smallest absolute Gasteiger partial charge is 0.271 e. The molecule has 0 bridgehead atoms. The van der Waals surface area contributed by atoms with Gasteiger partial charge in [0.2, 0.25) is 0 Å². The Labute approximate surface area is 81.9 Å². The second-order valence-corrected chi connectivity index (χ2v) is 3.20. The van der Waals surface area contributed by atoms with Gasteiger partial charge in [-0.3, -0.25) is 10.1 Å². The summed E-state index contributed by atoms with van der Waals surface area (Å²) in [6, 6.07) is 2.30. The summed E-state index contributed by atoms with van der Waals surface area (Å²) >= 11 is 2.94. The number of hydrogen-bond acceptors (Lipinski definition) is 4. The van der Waals surface area contributed by atoms with E-state index in [1.807, 2.05) is 0 Å². The van der Waals surface area contributed by atoms with Gasteiger partial charge in [0.15, 0.2) is 0 Å². The fourth-order valence-corrected chi connectivity index (χ4v) is 1.36. The van der Waals surface area contributed by atoms with E-state index in [4.69, 9.17) is 5.11 Å². The number of nitro benzene ring substituents is 1. The molecule has 0 unspecified atom stereocenters. The zero-order chi connectivity index (χ0) is 10.0. The van der Waals surface area contributed by atoms with Crippen molar-refractivity contribution >= 4 is 21.6 Å². The first kappa shape index (κ1) is 9.94. The minimum Gasteiger partial charge on any atom is -0.506 e. The van der Waals surface area contributed by atoms with E-state index in [1.54, 1.807) is 0 Å². The molecule has 0 fully saturated rings. The zero-order valence-corrected chi connectivity index (χ0v) is 7.98. The number of halogens is 1. The van der Waals surface area contributed by atoms with Crippen molar-refractivity contribution in [3.63, 3.8) is 0 Å². The van der Waals surface area contributed by atoms with Crippen LogP contribution in [0, 0.1) is 10.1 Å². The molecule has 0 aromatic heterocycles. The van der Waals surface area contributed by atoms with Gasteiger partial charge in [-0.2, -0.15) is 0 Å². The molecule has 2 N–H and O–H groups in total. The lowest BCUT2D eigenvalue weighted by Crippen LogP contribution is -1.92. The van der Waals surface area contributed by atoms with Crippen LogP contribution in [-0.4, -0.2) is 15.1 Å². The fraction of sp³-hybridized carbons (Fsp3) is 0.143. The first-order valence-corrected chi connectivity index (χ1v) is 4.12. The molecule has 0 heterocycles. The lowest BCUT2D eigenvalue weighted by Gasteiger charge is -2.02. The Kier molecular flexibility index (Phi) is 2.84. The van der Waals surface area contributed by atoms with Crippen molar-refractivity contribution in [3.05, 3.63) is 32.3 Å². The van der Waals surface area contributed by atoms with E-state index in [0.29, 0.717) is 0 Å². The molecule has 6 heteroatoms. The Balaban J connectivity index is 3.30. The Hall–Kier alpha value is -1.14. The third-order valence-corrected chi connectivity index (χ3v) is 2.11. The topological polar surface area (TPSA) is 83.6 Å². The number of aromatic hydroxyl groups is 1. The Bertz CT molecular complexity index is 353. The van der Waals surface area contributed by atoms with Crippen LogP contribution < -0.4 is 0 Å². The largest absolute Gasteiger partial charge is 0.506 e. The molecule has 0 spiro atoms. The highest BCUT2D eigenvalue weighted by atomic mass is 79.9. The molecule has 13 heavy (non-hydrogen) atoms. The molecule has 1 aromatic carbocycles. The van der Waals surface area contributed by atoms with Gasteiger partial charge in [-0.1, -0.05) is 0 Å². The van der Waals surface area contributed by atoms with E-state index in [1.165, 1.54) is 6.07 Å². The average Bonchev–Trinajstić information content (AvgIpc) is 2.09. The number of non-ortho nitro benzene ring substituents is 1. The quantitative estimate of drug-likeness (QED) is 0.614. The van der Waals surface area contributed by atoms with Gasteiger partial charge in [0.1, 0.15) is 5.75 Å². The van der Waals surface area contributed by atoms with E-state index in [9.17, 15) is 15.2 Å². The maximum atomic E-state index is 10.4. The number of rotatable bonds is 2. The lowest BCUT2D eigenvalue weighted by molar-refractivity contribution is -0.385. The van der Waals surface area contributed by atoms with Crippen LogP contribution in [0.3, 0.4) is 0 Å². The third-order valence-electron chi connectivity index (χ3n) is 1.51. The molecular formula is C7H6BrNO4. The summed E-state index contributed by atoms with van der Waals surface area (Å²) in [5.74, 6) is -0.173. The monoisotopic (exact) mass is 247 g/mol. The maximum Gasteiger partial charge on any atom is 0.271 e. The highest BCUT2D eigenvalue weighted by Crippen LogP contribution is 2.32. The number of nitro groups is 1. The van der Waals surface area contributed by atoms with Crippen LogP contribution in [0.4, 0.5) is 5.69 Å². The van der Waals surface area contributed by atoms with Crippen molar-refractivity contribution < 1.29 is 15.1 Å². The SMILES string of the molecule is O=[N+]([O-])c1cc(Br)c(O)c(CO)c1. The summed E-state index contributed by atoms with van der Waals surface area (Å²) in [6.45, 7) is -0.438. The van der Waals surface area contributed by atoms with Crippen molar-refractivity contribution in [1.82, 2.24) is 0 Å². The van der Waals surface area contributed by atoms with Crippen LogP contribution >= 0.6 is 15.9 Å². The van der Waals surface area contributed by atoms with Gasteiger partial charge in [0, 0.05) is 17.7 Å². The van der Waals surface area contributed by atoms with Gasteiger partial charge in [-0.15, -0.1) is 0 Å². The average molecular weight is 248 g/mol. The Morgan fingerprint density at radius 2 is 2.15 bits per heavy atom. The molecule has 0 aliphatic rings. The van der Waals surface area contributed by atoms with E-state index >= 15 is 0 Å². The van der Waals surface area contributed by atoms with Crippen LogP contribution in [0.15, 0.2) is 16.6 Å². The van der Waals surface area contributed by atoms with E-state index in [0.717, 1.165) is 6.07 Å².